The molecule has 0 amide bonds. The molecular formula is C22H38IN5OS. The van der Waals surface area contributed by atoms with Crippen LogP contribution in [0.1, 0.15) is 40.2 Å². The molecule has 170 valence electrons. The van der Waals surface area contributed by atoms with Crippen molar-refractivity contribution in [2.24, 2.45) is 10.9 Å². The van der Waals surface area contributed by atoms with Gasteiger partial charge in [-0.05, 0) is 38.3 Å². The number of thioether (sulfide) groups is 1. The second-order valence-corrected chi connectivity index (χ2v) is 9.80. The summed E-state index contributed by atoms with van der Waals surface area (Å²) in [4.78, 5) is 14.4. The average Bonchev–Trinajstić information content (AvgIpc) is 2.71. The van der Waals surface area contributed by atoms with Gasteiger partial charge in [0.1, 0.15) is 5.82 Å². The highest BCUT2D eigenvalue weighted by Gasteiger charge is 2.25. The number of nitrogens with one attached hydrogen (secondary N) is 1. The molecule has 0 aromatic carbocycles. The fourth-order valence-corrected chi connectivity index (χ4v) is 5.22. The standard InChI is InChI=1S/C22H37N5OS.HI/c1-6-23-22(26-9-10-29-20(15-26)16(2)3)25-12-19-7-8-21(24-11-19)27-13-17(4)28-18(5)14-27;/h7-8,11,16-18,20H,6,9-10,12-15H2,1-5H3,(H,23,25);1H. The van der Waals surface area contributed by atoms with E-state index in [0.717, 1.165) is 50.1 Å². The van der Waals surface area contributed by atoms with Crippen molar-refractivity contribution in [3.63, 3.8) is 0 Å². The Morgan fingerprint density at radius 3 is 2.60 bits per heavy atom. The van der Waals surface area contributed by atoms with E-state index in [1.54, 1.807) is 0 Å². The molecule has 3 atom stereocenters. The molecule has 0 spiro atoms. The normalized spacial score (nSPS) is 25.3. The van der Waals surface area contributed by atoms with Gasteiger partial charge in [-0.25, -0.2) is 9.98 Å². The first-order valence-electron chi connectivity index (χ1n) is 11.0. The fourth-order valence-electron chi connectivity index (χ4n) is 3.93. The summed E-state index contributed by atoms with van der Waals surface area (Å²) < 4.78 is 5.83. The van der Waals surface area contributed by atoms with E-state index in [9.17, 15) is 0 Å². The Morgan fingerprint density at radius 2 is 2.00 bits per heavy atom. The highest BCUT2D eigenvalue weighted by Crippen LogP contribution is 2.25. The van der Waals surface area contributed by atoms with E-state index < -0.39 is 0 Å². The number of aliphatic imine (C=N–C) groups is 1. The molecule has 3 heterocycles. The summed E-state index contributed by atoms with van der Waals surface area (Å²) in [5, 5.41) is 4.15. The number of pyridine rings is 1. The number of rotatable bonds is 5. The van der Waals surface area contributed by atoms with Crippen LogP contribution in [0.3, 0.4) is 0 Å². The lowest BCUT2D eigenvalue weighted by Crippen LogP contribution is -2.49. The summed E-state index contributed by atoms with van der Waals surface area (Å²) in [6.45, 7) is 16.5. The highest BCUT2D eigenvalue weighted by atomic mass is 127. The lowest BCUT2D eigenvalue weighted by Gasteiger charge is -2.36. The Bertz CT molecular complexity index is 662. The molecule has 3 unspecified atom stereocenters. The van der Waals surface area contributed by atoms with Gasteiger partial charge in [-0.3, -0.25) is 0 Å². The number of guanidine groups is 1. The first-order valence-corrected chi connectivity index (χ1v) is 12.0. The number of hydrogen-bond acceptors (Lipinski definition) is 5. The zero-order valence-electron chi connectivity index (χ0n) is 19.0. The minimum Gasteiger partial charge on any atom is -0.372 e. The van der Waals surface area contributed by atoms with E-state index in [0.29, 0.717) is 17.7 Å². The summed E-state index contributed by atoms with van der Waals surface area (Å²) in [7, 11) is 0. The highest BCUT2D eigenvalue weighted by molar-refractivity contribution is 14.0. The number of anilines is 1. The second kappa shape index (κ2) is 12.3. The van der Waals surface area contributed by atoms with Gasteiger partial charge in [0.2, 0.25) is 0 Å². The van der Waals surface area contributed by atoms with Crippen molar-refractivity contribution in [1.29, 1.82) is 0 Å². The van der Waals surface area contributed by atoms with Crippen LogP contribution >= 0.6 is 35.7 Å². The molecule has 2 fully saturated rings. The van der Waals surface area contributed by atoms with Crippen molar-refractivity contribution >= 4 is 47.5 Å². The molecule has 30 heavy (non-hydrogen) atoms. The first kappa shape index (κ1) is 25.5. The molecule has 6 nitrogen and oxygen atoms in total. The monoisotopic (exact) mass is 547 g/mol. The number of morpholine rings is 1. The van der Waals surface area contributed by atoms with E-state index in [1.807, 2.05) is 6.20 Å². The number of aromatic nitrogens is 1. The van der Waals surface area contributed by atoms with E-state index in [4.69, 9.17) is 14.7 Å². The van der Waals surface area contributed by atoms with Crippen LogP contribution in [0.4, 0.5) is 5.82 Å². The van der Waals surface area contributed by atoms with E-state index in [-0.39, 0.29) is 36.2 Å². The Balaban J connectivity index is 0.00000320. The zero-order chi connectivity index (χ0) is 20.8. The van der Waals surface area contributed by atoms with Crippen molar-refractivity contribution in [2.45, 2.75) is 58.6 Å². The van der Waals surface area contributed by atoms with Crippen LogP contribution in [0, 0.1) is 5.92 Å². The Hall–Kier alpha value is -0.740. The zero-order valence-corrected chi connectivity index (χ0v) is 22.2. The van der Waals surface area contributed by atoms with Gasteiger partial charge < -0.3 is 19.9 Å². The third-order valence-electron chi connectivity index (χ3n) is 5.44. The molecule has 0 radical (unpaired) electrons. The Labute approximate surface area is 203 Å². The smallest absolute Gasteiger partial charge is 0.194 e. The number of halogens is 1. The van der Waals surface area contributed by atoms with Crippen LogP contribution in [-0.2, 0) is 11.3 Å². The summed E-state index contributed by atoms with van der Waals surface area (Å²) in [6.07, 6.45) is 2.45. The van der Waals surface area contributed by atoms with Crippen molar-refractivity contribution in [3.05, 3.63) is 23.9 Å². The fraction of sp³-hybridized carbons (Fsp3) is 0.727. The quantitative estimate of drug-likeness (QED) is 0.344. The van der Waals surface area contributed by atoms with E-state index in [2.05, 4.69) is 73.6 Å². The summed E-state index contributed by atoms with van der Waals surface area (Å²) in [6, 6.07) is 4.28. The second-order valence-electron chi connectivity index (χ2n) is 8.46. The summed E-state index contributed by atoms with van der Waals surface area (Å²) in [5.41, 5.74) is 1.14. The number of nitrogens with zero attached hydrogens (tertiary/aromatic N) is 4. The van der Waals surface area contributed by atoms with Crippen LogP contribution in [0.5, 0.6) is 0 Å². The molecule has 1 aromatic rings. The number of ether oxygens (including phenoxy) is 1. The molecule has 2 saturated heterocycles. The van der Waals surface area contributed by atoms with Gasteiger partial charge in [-0.2, -0.15) is 11.8 Å². The van der Waals surface area contributed by atoms with Crippen molar-refractivity contribution in [3.8, 4) is 0 Å². The Morgan fingerprint density at radius 1 is 1.27 bits per heavy atom. The van der Waals surface area contributed by atoms with Crippen LogP contribution in [0.25, 0.3) is 0 Å². The van der Waals surface area contributed by atoms with Gasteiger partial charge in [0, 0.05) is 49.9 Å². The van der Waals surface area contributed by atoms with Crippen LogP contribution in [0.2, 0.25) is 0 Å². The van der Waals surface area contributed by atoms with Crippen molar-refractivity contribution < 1.29 is 4.74 Å². The molecule has 3 rings (SSSR count). The van der Waals surface area contributed by atoms with Gasteiger partial charge in [0.05, 0.1) is 18.8 Å². The summed E-state index contributed by atoms with van der Waals surface area (Å²) in [5.74, 6) is 3.91. The van der Waals surface area contributed by atoms with Gasteiger partial charge in [-0.1, -0.05) is 19.9 Å². The average molecular weight is 548 g/mol. The predicted octanol–water partition coefficient (Wildman–Crippen LogP) is 3.85. The molecule has 1 N–H and O–H groups in total. The van der Waals surface area contributed by atoms with Gasteiger partial charge in [0.25, 0.3) is 0 Å². The Kier molecular flexibility index (Phi) is 10.5. The lowest BCUT2D eigenvalue weighted by atomic mass is 10.1. The molecule has 1 aromatic heterocycles. The minimum atomic E-state index is 0. The third-order valence-corrected chi connectivity index (χ3v) is 6.98. The van der Waals surface area contributed by atoms with Crippen molar-refractivity contribution in [2.75, 3.05) is 43.4 Å². The largest absolute Gasteiger partial charge is 0.372 e. The van der Waals surface area contributed by atoms with Gasteiger partial charge in [0.15, 0.2) is 5.96 Å². The molecule has 8 heteroatoms. The van der Waals surface area contributed by atoms with E-state index in [1.165, 1.54) is 5.75 Å². The molecule has 0 saturated carbocycles. The van der Waals surface area contributed by atoms with Gasteiger partial charge >= 0.3 is 0 Å². The van der Waals surface area contributed by atoms with Crippen LogP contribution in [-0.4, -0.2) is 71.8 Å². The van der Waals surface area contributed by atoms with E-state index >= 15 is 0 Å². The predicted molar refractivity (Wildman–Crippen MR) is 139 cm³/mol. The van der Waals surface area contributed by atoms with Crippen LogP contribution < -0.4 is 10.2 Å². The SMILES string of the molecule is CCNC(=NCc1ccc(N2CC(C)OC(C)C2)nc1)N1CCSC(C(C)C)C1.I. The molecule has 2 aliphatic rings. The first-order chi connectivity index (χ1) is 14.0. The summed E-state index contributed by atoms with van der Waals surface area (Å²) >= 11 is 2.09. The van der Waals surface area contributed by atoms with Crippen molar-refractivity contribution in [1.82, 2.24) is 15.2 Å². The lowest BCUT2D eigenvalue weighted by molar-refractivity contribution is -0.00545. The van der Waals surface area contributed by atoms with Gasteiger partial charge in [-0.15, -0.1) is 24.0 Å². The topological polar surface area (TPSA) is 53.0 Å². The maximum absolute atomic E-state index is 5.83. The molecular weight excluding hydrogens is 509 g/mol. The maximum atomic E-state index is 5.83. The maximum Gasteiger partial charge on any atom is 0.194 e. The minimum absolute atomic E-state index is 0. The molecule has 0 aliphatic carbocycles. The molecule has 2 aliphatic heterocycles. The van der Waals surface area contributed by atoms with Crippen LogP contribution in [0.15, 0.2) is 23.3 Å². The number of hydrogen-bond donors (Lipinski definition) is 1. The third kappa shape index (κ3) is 7.15. The molecule has 0 bridgehead atoms.